The number of rotatable bonds is 6. The van der Waals surface area contributed by atoms with E-state index in [1.54, 1.807) is 13.8 Å². The van der Waals surface area contributed by atoms with Crippen molar-refractivity contribution in [1.82, 2.24) is 0 Å². The summed E-state index contributed by atoms with van der Waals surface area (Å²) in [6.45, 7) is 3.45. The highest BCUT2D eigenvalue weighted by atomic mass is 32.2. The fourth-order valence-corrected chi connectivity index (χ4v) is 3.31. The Labute approximate surface area is 144 Å². The molecule has 0 radical (unpaired) electrons. The predicted octanol–water partition coefficient (Wildman–Crippen LogP) is 2.88. The number of hydrogen-bond donors (Lipinski definition) is 1. The van der Waals surface area contributed by atoms with Crippen LogP contribution in [0.15, 0.2) is 47.4 Å². The first-order valence-corrected chi connectivity index (χ1v) is 8.78. The van der Waals surface area contributed by atoms with E-state index in [4.69, 9.17) is 4.74 Å². The standard InChI is InChI=1S/C16H16N2O6S/c1-3-24-16(19)14-8-5-9-15(11(14)2)17-25(22,23)13-7-4-6-12(10-13)18(20)21/h4-10,17H,3H2,1-2H3. The smallest absolute Gasteiger partial charge is 0.338 e. The lowest BCUT2D eigenvalue weighted by molar-refractivity contribution is -0.385. The van der Waals surface area contributed by atoms with E-state index in [0.29, 0.717) is 5.56 Å². The van der Waals surface area contributed by atoms with E-state index in [9.17, 15) is 23.3 Å². The van der Waals surface area contributed by atoms with Gasteiger partial charge >= 0.3 is 5.97 Å². The maximum atomic E-state index is 12.5. The van der Waals surface area contributed by atoms with Crippen molar-refractivity contribution in [1.29, 1.82) is 0 Å². The largest absolute Gasteiger partial charge is 0.462 e. The summed E-state index contributed by atoms with van der Waals surface area (Å²) in [6, 6.07) is 9.24. The average molecular weight is 364 g/mol. The van der Waals surface area contributed by atoms with E-state index >= 15 is 0 Å². The van der Waals surface area contributed by atoms with E-state index in [1.807, 2.05) is 0 Å². The molecule has 0 aliphatic carbocycles. The average Bonchev–Trinajstić information content (AvgIpc) is 2.57. The zero-order chi connectivity index (χ0) is 18.6. The van der Waals surface area contributed by atoms with Gasteiger partial charge in [0.1, 0.15) is 0 Å². The zero-order valence-corrected chi connectivity index (χ0v) is 14.4. The molecule has 0 saturated carbocycles. The summed E-state index contributed by atoms with van der Waals surface area (Å²) in [5.74, 6) is -0.559. The minimum Gasteiger partial charge on any atom is -0.462 e. The van der Waals surface area contributed by atoms with Crippen LogP contribution in [0, 0.1) is 17.0 Å². The lowest BCUT2D eigenvalue weighted by Crippen LogP contribution is -2.15. The number of nitrogens with one attached hydrogen (secondary N) is 1. The van der Waals surface area contributed by atoms with Crippen LogP contribution >= 0.6 is 0 Å². The first-order chi connectivity index (χ1) is 11.8. The number of non-ortho nitro benzene ring substituents is 1. The van der Waals surface area contributed by atoms with Crippen LogP contribution in [0.25, 0.3) is 0 Å². The van der Waals surface area contributed by atoms with Crippen molar-refractivity contribution in [3.8, 4) is 0 Å². The number of nitrogens with zero attached hydrogens (tertiary/aromatic N) is 1. The van der Waals surface area contributed by atoms with Gasteiger partial charge in [-0.3, -0.25) is 14.8 Å². The number of carbonyl (C=O) groups excluding carboxylic acids is 1. The number of sulfonamides is 1. The molecule has 132 valence electrons. The second kappa shape index (κ2) is 7.31. The van der Waals surface area contributed by atoms with Gasteiger partial charge in [0.15, 0.2) is 0 Å². The fraction of sp³-hybridized carbons (Fsp3) is 0.188. The Balaban J connectivity index is 2.38. The number of ether oxygens (including phenoxy) is 1. The number of nitro benzene ring substituents is 1. The first-order valence-electron chi connectivity index (χ1n) is 7.30. The van der Waals surface area contributed by atoms with Gasteiger partial charge in [-0.25, -0.2) is 13.2 Å². The normalized spacial score (nSPS) is 11.0. The summed E-state index contributed by atoms with van der Waals surface area (Å²) >= 11 is 0. The van der Waals surface area contributed by atoms with E-state index < -0.39 is 20.9 Å². The molecule has 0 fully saturated rings. The number of benzene rings is 2. The summed E-state index contributed by atoms with van der Waals surface area (Å²) in [5, 5.41) is 10.8. The third-order valence-corrected chi connectivity index (χ3v) is 4.78. The van der Waals surface area contributed by atoms with Crippen molar-refractivity contribution < 1.29 is 22.9 Å². The Morgan fingerprint density at radius 1 is 1.24 bits per heavy atom. The van der Waals surface area contributed by atoms with Crippen LogP contribution in [0.1, 0.15) is 22.8 Å². The number of nitro groups is 1. The summed E-state index contributed by atoms with van der Waals surface area (Å²) in [6.07, 6.45) is 0. The molecule has 0 atom stereocenters. The van der Waals surface area contributed by atoms with Gasteiger partial charge in [0, 0.05) is 12.1 Å². The van der Waals surface area contributed by atoms with Crippen molar-refractivity contribution in [3.63, 3.8) is 0 Å². The van der Waals surface area contributed by atoms with Crippen LogP contribution in [0.2, 0.25) is 0 Å². The molecule has 0 unspecified atom stereocenters. The molecule has 0 spiro atoms. The van der Waals surface area contributed by atoms with Crippen LogP contribution in [-0.2, 0) is 14.8 Å². The lowest BCUT2D eigenvalue weighted by atomic mass is 10.1. The maximum absolute atomic E-state index is 12.5. The summed E-state index contributed by atoms with van der Waals surface area (Å²) in [5.41, 5.74) is 0.493. The fourth-order valence-electron chi connectivity index (χ4n) is 2.14. The second-order valence-electron chi connectivity index (χ2n) is 5.06. The lowest BCUT2D eigenvalue weighted by Gasteiger charge is -2.13. The zero-order valence-electron chi connectivity index (χ0n) is 13.6. The van der Waals surface area contributed by atoms with Crippen molar-refractivity contribution in [3.05, 3.63) is 63.7 Å². The predicted molar refractivity (Wildman–Crippen MR) is 91.0 cm³/mol. The summed E-state index contributed by atoms with van der Waals surface area (Å²) in [7, 11) is -4.05. The van der Waals surface area contributed by atoms with Gasteiger partial charge in [0.25, 0.3) is 15.7 Å². The second-order valence-corrected chi connectivity index (χ2v) is 6.74. The molecule has 25 heavy (non-hydrogen) atoms. The molecule has 0 aromatic heterocycles. The van der Waals surface area contributed by atoms with Crippen molar-refractivity contribution in [2.75, 3.05) is 11.3 Å². The number of hydrogen-bond acceptors (Lipinski definition) is 6. The van der Waals surface area contributed by atoms with Gasteiger partial charge in [0.05, 0.1) is 27.7 Å². The molecule has 8 nitrogen and oxygen atoms in total. The molecule has 0 saturated heterocycles. The molecule has 1 N–H and O–H groups in total. The Kier molecular flexibility index (Phi) is 5.38. The Bertz CT molecular complexity index is 924. The molecule has 0 amide bonds. The highest BCUT2D eigenvalue weighted by Gasteiger charge is 2.20. The SMILES string of the molecule is CCOC(=O)c1cccc(NS(=O)(=O)c2cccc([N+](=O)[O-])c2)c1C. The van der Waals surface area contributed by atoms with E-state index in [2.05, 4.69) is 4.72 Å². The van der Waals surface area contributed by atoms with E-state index in [-0.39, 0.29) is 28.4 Å². The molecular formula is C16H16N2O6S. The molecule has 0 bridgehead atoms. The van der Waals surface area contributed by atoms with Crippen LogP contribution in [0.3, 0.4) is 0 Å². The highest BCUT2D eigenvalue weighted by molar-refractivity contribution is 7.92. The highest BCUT2D eigenvalue weighted by Crippen LogP contribution is 2.24. The Morgan fingerprint density at radius 2 is 1.92 bits per heavy atom. The number of esters is 1. The minimum atomic E-state index is -4.05. The Morgan fingerprint density at radius 3 is 2.56 bits per heavy atom. The topological polar surface area (TPSA) is 116 Å². The maximum Gasteiger partial charge on any atom is 0.338 e. The first kappa shape index (κ1) is 18.4. The van der Waals surface area contributed by atoms with Crippen molar-refractivity contribution in [2.24, 2.45) is 0 Å². The molecule has 0 aliphatic rings. The monoisotopic (exact) mass is 364 g/mol. The van der Waals surface area contributed by atoms with Gasteiger partial charge in [-0.2, -0.15) is 0 Å². The quantitative estimate of drug-likeness (QED) is 0.479. The molecule has 2 aromatic carbocycles. The third-order valence-electron chi connectivity index (χ3n) is 3.41. The van der Waals surface area contributed by atoms with Gasteiger partial charge < -0.3 is 4.74 Å². The molecule has 2 rings (SSSR count). The van der Waals surface area contributed by atoms with Crippen molar-refractivity contribution >= 4 is 27.4 Å². The van der Waals surface area contributed by atoms with Gasteiger partial charge in [-0.15, -0.1) is 0 Å². The molecular weight excluding hydrogens is 348 g/mol. The van der Waals surface area contributed by atoms with Gasteiger partial charge in [0.2, 0.25) is 0 Å². The minimum absolute atomic E-state index is 0.192. The third kappa shape index (κ3) is 4.13. The van der Waals surface area contributed by atoms with Crippen molar-refractivity contribution in [2.45, 2.75) is 18.7 Å². The molecule has 9 heteroatoms. The molecule has 2 aromatic rings. The number of anilines is 1. The van der Waals surface area contributed by atoms with Crippen LogP contribution < -0.4 is 4.72 Å². The van der Waals surface area contributed by atoms with Crippen LogP contribution in [0.4, 0.5) is 11.4 Å². The Hall–Kier alpha value is -2.94. The summed E-state index contributed by atoms with van der Waals surface area (Å²) in [4.78, 5) is 21.8. The molecule has 0 heterocycles. The van der Waals surface area contributed by atoms with Crippen LogP contribution in [0.5, 0.6) is 0 Å². The van der Waals surface area contributed by atoms with Gasteiger partial charge in [-0.1, -0.05) is 12.1 Å². The van der Waals surface area contributed by atoms with E-state index in [0.717, 1.165) is 6.07 Å². The summed E-state index contributed by atoms with van der Waals surface area (Å²) < 4.78 is 32.2. The molecule has 0 aliphatic heterocycles. The van der Waals surface area contributed by atoms with Gasteiger partial charge in [-0.05, 0) is 37.6 Å². The number of carbonyl (C=O) groups is 1. The van der Waals surface area contributed by atoms with Crippen LogP contribution in [-0.4, -0.2) is 25.9 Å². The van der Waals surface area contributed by atoms with E-state index in [1.165, 1.54) is 36.4 Å².